The van der Waals surface area contributed by atoms with E-state index in [0.29, 0.717) is 5.56 Å². The number of hydrazine groups is 1. The van der Waals surface area contributed by atoms with Gasteiger partial charge in [0.05, 0.1) is 6.04 Å². The van der Waals surface area contributed by atoms with Gasteiger partial charge in [0.1, 0.15) is 11.6 Å². The Kier molecular flexibility index (Phi) is 4.06. The topological polar surface area (TPSA) is 38.0 Å². The molecule has 1 atom stereocenters. The monoisotopic (exact) mass is 308 g/mol. The van der Waals surface area contributed by atoms with Gasteiger partial charge in [-0.3, -0.25) is 5.84 Å². The second kappa shape index (κ2) is 5.83. The van der Waals surface area contributed by atoms with Crippen LogP contribution < -0.4 is 11.3 Å². The van der Waals surface area contributed by atoms with E-state index in [1.54, 1.807) is 18.3 Å². The number of fused-ring (bicyclic) bond motifs is 1. The van der Waals surface area contributed by atoms with Gasteiger partial charge in [0.25, 0.3) is 0 Å². The highest BCUT2D eigenvalue weighted by molar-refractivity contribution is 7.12. The van der Waals surface area contributed by atoms with E-state index in [-0.39, 0.29) is 5.56 Å². The first kappa shape index (κ1) is 14.6. The molecule has 0 bridgehead atoms. The maximum atomic E-state index is 14.3. The van der Waals surface area contributed by atoms with Crippen LogP contribution in [0, 0.1) is 18.6 Å². The fourth-order valence-electron chi connectivity index (χ4n) is 2.91. The average Bonchev–Trinajstić information content (AvgIpc) is 2.91. The van der Waals surface area contributed by atoms with E-state index in [1.807, 2.05) is 6.07 Å². The Hall–Kier alpha value is -1.30. The molecule has 0 fully saturated rings. The zero-order valence-corrected chi connectivity index (χ0v) is 12.7. The third-order valence-electron chi connectivity index (χ3n) is 4.08. The second-order valence-electron chi connectivity index (χ2n) is 5.50. The Balaban J connectivity index is 2.06. The Bertz CT molecular complexity index is 643. The van der Waals surface area contributed by atoms with E-state index >= 15 is 0 Å². The van der Waals surface area contributed by atoms with E-state index in [4.69, 9.17) is 5.84 Å². The minimum absolute atomic E-state index is 0.0103. The van der Waals surface area contributed by atoms with Crippen molar-refractivity contribution in [1.29, 1.82) is 0 Å². The van der Waals surface area contributed by atoms with Crippen LogP contribution in [0.2, 0.25) is 0 Å². The molecule has 5 heteroatoms. The normalized spacial score (nSPS) is 15.8. The molecule has 3 rings (SSSR count). The minimum atomic E-state index is -0.638. The first-order chi connectivity index (χ1) is 10.1. The lowest BCUT2D eigenvalue weighted by Gasteiger charge is -2.17. The number of aryl methyl sites for hydroxylation is 3. The van der Waals surface area contributed by atoms with Gasteiger partial charge in [-0.05, 0) is 55.9 Å². The van der Waals surface area contributed by atoms with Crippen molar-refractivity contribution in [3.8, 4) is 0 Å². The van der Waals surface area contributed by atoms with Crippen LogP contribution >= 0.6 is 11.3 Å². The molecule has 2 aromatic rings. The predicted molar refractivity (Wildman–Crippen MR) is 81.2 cm³/mol. The van der Waals surface area contributed by atoms with Crippen LogP contribution in [0.25, 0.3) is 0 Å². The van der Waals surface area contributed by atoms with Crippen molar-refractivity contribution in [3.05, 3.63) is 56.3 Å². The van der Waals surface area contributed by atoms with Crippen LogP contribution in [0.5, 0.6) is 0 Å². The van der Waals surface area contributed by atoms with Gasteiger partial charge in [-0.1, -0.05) is 6.07 Å². The second-order valence-corrected chi connectivity index (χ2v) is 6.66. The molecule has 1 heterocycles. The standard InChI is InChI=1S/C16H18F2N2S/c1-9-6-7-11(17)14(15(9)18)16(20-19)13-8-10-4-2-3-5-12(10)21-13/h6-8,16,20H,2-5,19H2,1H3. The van der Waals surface area contributed by atoms with Crippen molar-refractivity contribution in [2.24, 2.45) is 5.84 Å². The van der Waals surface area contributed by atoms with Crippen molar-refractivity contribution >= 4 is 11.3 Å². The third kappa shape index (κ3) is 2.61. The van der Waals surface area contributed by atoms with Crippen molar-refractivity contribution in [1.82, 2.24) is 5.43 Å². The maximum Gasteiger partial charge on any atom is 0.134 e. The van der Waals surface area contributed by atoms with Gasteiger partial charge < -0.3 is 0 Å². The Morgan fingerprint density at radius 2 is 2.00 bits per heavy atom. The summed E-state index contributed by atoms with van der Waals surface area (Å²) in [6, 6.07) is 4.15. The first-order valence-corrected chi connectivity index (χ1v) is 7.95. The van der Waals surface area contributed by atoms with Gasteiger partial charge in [0.15, 0.2) is 0 Å². The lowest BCUT2D eigenvalue weighted by Crippen LogP contribution is -2.30. The summed E-state index contributed by atoms with van der Waals surface area (Å²) in [4.78, 5) is 2.21. The number of benzene rings is 1. The number of thiophene rings is 1. The molecule has 0 aliphatic heterocycles. The molecule has 112 valence electrons. The lowest BCUT2D eigenvalue weighted by atomic mass is 9.97. The van der Waals surface area contributed by atoms with E-state index in [9.17, 15) is 8.78 Å². The first-order valence-electron chi connectivity index (χ1n) is 7.14. The smallest absolute Gasteiger partial charge is 0.134 e. The van der Waals surface area contributed by atoms with Gasteiger partial charge in [-0.25, -0.2) is 14.2 Å². The number of halogens is 2. The molecule has 2 nitrogen and oxygen atoms in total. The molecule has 0 amide bonds. The summed E-state index contributed by atoms with van der Waals surface area (Å²) in [6.45, 7) is 1.63. The highest BCUT2D eigenvalue weighted by atomic mass is 32.1. The van der Waals surface area contributed by atoms with Gasteiger partial charge in [-0.2, -0.15) is 0 Å². The number of hydrogen-bond acceptors (Lipinski definition) is 3. The summed E-state index contributed by atoms with van der Waals surface area (Å²) in [5.74, 6) is 4.52. The van der Waals surface area contributed by atoms with Gasteiger partial charge >= 0.3 is 0 Å². The van der Waals surface area contributed by atoms with E-state index in [0.717, 1.165) is 17.7 Å². The number of hydrogen-bond donors (Lipinski definition) is 2. The van der Waals surface area contributed by atoms with Crippen LogP contribution in [0.3, 0.4) is 0 Å². The van der Waals surface area contributed by atoms with Crippen molar-refractivity contribution in [2.45, 2.75) is 38.6 Å². The van der Waals surface area contributed by atoms with Crippen LogP contribution in [0.15, 0.2) is 18.2 Å². The van der Waals surface area contributed by atoms with Crippen LogP contribution in [0.4, 0.5) is 8.78 Å². The molecule has 1 unspecified atom stereocenters. The average molecular weight is 308 g/mol. The molecule has 21 heavy (non-hydrogen) atoms. The Morgan fingerprint density at radius 1 is 1.24 bits per heavy atom. The van der Waals surface area contributed by atoms with Crippen molar-refractivity contribution in [2.75, 3.05) is 0 Å². The molecule has 3 N–H and O–H groups in total. The van der Waals surface area contributed by atoms with Crippen LogP contribution in [-0.4, -0.2) is 0 Å². The molecular weight excluding hydrogens is 290 g/mol. The van der Waals surface area contributed by atoms with Crippen molar-refractivity contribution in [3.63, 3.8) is 0 Å². The molecule has 1 aromatic heterocycles. The summed E-state index contributed by atoms with van der Waals surface area (Å²) in [6.07, 6.45) is 4.45. The van der Waals surface area contributed by atoms with E-state index < -0.39 is 17.7 Å². The molecule has 0 saturated heterocycles. The molecule has 1 aromatic carbocycles. The SMILES string of the molecule is Cc1ccc(F)c(C(NN)c2cc3c(s2)CCCC3)c1F. The molecule has 1 aliphatic rings. The maximum absolute atomic E-state index is 14.3. The van der Waals surface area contributed by atoms with E-state index in [1.165, 1.54) is 35.4 Å². The number of nitrogens with two attached hydrogens (primary N) is 1. The molecule has 1 aliphatic carbocycles. The highest BCUT2D eigenvalue weighted by Crippen LogP contribution is 2.36. The number of rotatable bonds is 3. The van der Waals surface area contributed by atoms with Gasteiger partial charge in [-0.15, -0.1) is 11.3 Å². The van der Waals surface area contributed by atoms with Gasteiger partial charge in [0.2, 0.25) is 0 Å². The largest absolute Gasteiger partial charge is 0.271 e. The number of nitrogens with one attached hydrogen (secondary N) is 1. The fourth-order valence-corrected chi connectivity index (χ4v) is 4.23. The van der Waals surface area contributed by atoms with Crippen LogP contribution in [0.1, 0.15) is 45.3 Å². The van der Waals surface area contributed by atoms with Crippen molar-refractivity contribution < 1.29 is 8.78 Å². The van der Waals surface area contributed by atoms with Crippen LogP contribution in [-0.2, 0) is 12.8 Å². The summed E-state index contributed by atoms with van der Waals surface area (Å²) < 4.78 is 28.4. The highest BCUT2D eigenvalue weighted by Gasteiger charge is 2.25. The van der Waals surface area contributed by atoms with E-state index in [2.05, 4.69) is 5.43 Å². The summed E-state index contributed by atoms with van der Waals surface area (Å²) >= 11 is 1.61. The molecule has 0 spiro atoms. The quantitative estimate of drug-likeness (QED) is 0.669. The molecular formula is C16H18F2N2S. The Labute approximate surface area is 127 Å². The van der Waals surface area contributed by atoms with Gasteiger partial charge in [0, 0.05) is 15.3 Å². The third-order valence-corrected chi connectivity index (χ3v) is 5.38. The fraction of sp³-hybridized carbons (Fsp3) is 0.375. The molecule has 0 saturated carbocycles. The lowest BCUT2D eigenvalue weighted by molar-refractivity contribution is 0.509. The zero-order valence-electron chi connectivity index (χ0n) is 11.9. The summed E-state index contributed by atoms with van der Waals surface area (Å²) in [5.41, 5.74) is 4.32. The Morgan fingerprint density at radius 3 is 2.71 bits per heavy atom. The predicted octanol–water partition coefficient (Wildman–Crippen LogP) is 3.77. The minimum Gasteiger partial charge on any atom is -0.271 e. The summed E-state index contributed by atoms with van der Waals surface area (Å²) in [7, 11) is 0. The summed E-state index contributed by atoms with van der Waals surface area (Å²) in [5, 5.41) is 0. The zero-order chi connectivity index (χ0) is 15.0. The molecule has 0 radical (unpaired) electrons.